The van der Waals surface area contributed by atoms with E-state index in [0.29, 0.717) is 18.0 Å². The highest BCUT2D eigenvalue weighted by molar-refractivity contribution is 7.74. The second kappa shape index (κ2) is 8.32. The van der Waals surface area contributed by atoms with Gasteiger partial charge in [0.2, 0.25) is 0 Å². The highest BCUT2D eigenvalue weighted by Crippen LogP contribution is 2.32. The van der Waals surface area contributed by atoms with Crippen LogP contribution >= 0.6 is 12.8 Å². The van der Waals surface area contributed by atoms with E-state index in [4.69, 9.17) is 4.74 Å². The van der Waals surface area contributed by atoms with Crippen molar-refractivity contribution in [3.05, 3.63) is 59.2 Å². The Balaban J connectivity index is 1.62. The Hall–Kier alpha value is -1.74. The molecule has 0 saturated heterocycles. The van der Waals surface area contributed by atoms with Crippen molar-refractivity contribution in [3.8, 4) is 11.5 Å². The molecule has 3 rings (SSSR count). The lowest BCUT2D eigenvalue weighted by Gasteiger charge is -2.29. The van der Waals surface area contributed by atoms with Crippen LogP contribution in [-0.4, -0.2) is 40.8 Å². The van der Waals surface area contributed by atoms with Gasteiger partial charge in [-0.05, 0) is 53.9 Å². The summed E-state index contributed by atoms with van der Waals surface area (Å²) in [5.74, 6) is 0.977. The lowest BCUT2D eigenvalue weighted by atomic mass is 9.99. The van der Waals surface area contributed by atoms with Crippen molar-refractivity contribution in [2.45, 2.75) is 25.6 Å². The molecule has 4 nitrogen and oxygen atoms in total. The van der Waals surface area contributed by atoms with Crippen molar-refractivity contribution in [1.29, 1.82) is 0 Å². The van der Waals surface area contributed by atoms with Gasteiger partial charge < -0.3 is 4.74 Å². The fourth-order valence-electron chi connectivity index (χ4n) is 3.29. The molecule has 0 saturated carbocycles. The van der Waals surface area contributed by atoms with Crippen molar-refractivity contribution in [2.75, 3.05) is 26.7 Å². The number of hydrogen-bond acceptors (Lipinski definition) is 4. The molecule has 1 heterocycles. The van der Waals surface area contributed by atoms with Crippen LogP contribution in [0.1, 0.15) is 23.1 Å². The zero-order valence-electron chi connectivity index (χ0n) is 15.6. The van der Waals surface area contributed by atoms with Crippen molar-refractivity contribution >= 4 is 12.8 Å². The molecule has 0 aliphatic carbocycles. The summed E-state index contributed by atoms with van der Waals surface area (Å²) in [5.41, 5.74) is 1.72. The number of alkyl halides is 3. The van der Waals surface area contributed by atoms with Gasteiger partial charge in [-0.15, -0.1) is 4.05 Å². The number of thiol groups is 1. The van der Waals surface area contributed by atoms with E-state index < -0.39 is 11.7 Å². The first-order valence-corrected chi connectivity index (χ1v) is 9.50. The van der Waals surface area contributed by atoms with Gasteiger partial charge in [-0.3, -0.25) is 4.90 Å². The Morgan fingerprint density at radius 1 is 1.11 bits per heavy atom. The number of rotatable bonds is 6. The summed E-state index contributed by atoms with van der Waals surface area (Å²) in [6, 6.07) is 10.5. The fourth-order valence-corrected chi connectivity index (χ4v) is 3.43. The molecule has 0 fully saturated rings. The van der Waals surface area contributed by atoms with Gasteiger partial charge >= 0.3 is 6.18 Å². The summed E-state index contributed by atoms with van der Waals surface area (Å²) in [5, 5.41) is 9.65. The molecule has 0 aromatic heterocycles. The topological polar surface area (TPSA) is 32.7 Å². The number of quaternary nitrogens is 1. The van der Waals surface area contributed by atoms with Gasteiger partial charge in [-0.25, -0.2) is 5.21 Å². The van der Waals surface area contributed by atoms with Crippen molar-refractivity contribution < 1.29 is 27.2 Å². The Morgan fingerprint density at radius 3 is 2.43 bits per heavy atom. The molecule has 0 bridgehead atoms. The van der Waals surface area contributed by atoms with Crippen molar-refractivity contribution in [1.82, 2.24) is 4.90 Å². The smallest absolute Gasteiger partial charge is 0.416 e. The summed E-state index contributed by atoms with van der Waals surface area (Å²) in [6.07, 6.45) is -2.59. The molecular weight excluding hydrogens is 389 g/mol. The summed E-state index contributed by atoms with van der Waals surface area (Å²) in [7, 11) is 1.62. The van der Waals surface area contributed by atoms with Crippen LogP contribution < -0.4 is 4.74 Å². The van der Waals surface area contributed by atoms with Gasteiger partial charge in [0.25, 0.3) is 0 Å². The second-order valence-corrected chi connectivity index (χ2v) is 8.11. The highest BCUT2D eigenvalue weighted by atomic mass is 32.1. The Kier molecular flexibility index (Phi) is 6.24. The van der Waals surface area contributed by atoms with Gasteiger partial charge in [0.15, 0.2) is 0 Å². The number of fused-ring (bicyclic) bond motifs is 1. The molecule has 0 amide bonds. The minimum absolute atomic E-state index is 0.338. The minimum atomic E-state index is -4.35. The van der Waals surface area contributed by atoms with Crippen LogP contribution in [0.15, 0.2) is 42.5 Å². The molecule has 1 aliphatic heterocycles. The third kappa shape index (κ3) is 5.88. The molecule has 152 valence electrons. The fraction of sp³-hybridized carbons (Fsp3) is 0.400. The van der Waals surface area contributed by atoms with E-state index in [0.717, 1.165) is 50.2 Å². The molecule has 28 heavy (non-hydrogen) atoms. The largest absolute Gasteiger partial charge is 0.457 e. The zero-order valence-corrected chi connectivity index (χ0v) is 16.5. The average Bonchev–Trinajstić information content (AvgIpc) is 2.60. The van der Waals surface area contributed by atoms with E-state index in [-0.39, 0.29) is 4.05 Å². The number of benzene rings is 2. The van der Waals surface area contributed by atoms with E-state index in [1.807, 2.05) is 18.2 Å². The first kappa shape index (κ1) is 21.0. The molecule has 1 N–H and O–H groups in total. The first-order valence-electron chi connectivity index (χ1n) is 9.10. The number of hydroxylamine groups is 2. The summed E-state index contributed by atoms with van der Waals surface area (Å²) in [6.45, 7) is 3.15. The van der Waals surface area contributed by atoms with Crippen LogP contribution in [0.3, 0.4) is 0 Å². The van der Waals surface area contributed by atoms with Crippen LogP contribution in [0.4, 0.5) is 13.2 Å². The average molecular weight is 413 g/mol. The van der Waals surface area contributed by atoms with Crippen LogP contribution in [0.5, 0.6) is 11.5 Å². The third-order valence-electron chi connectivity index (χ3n) is 4.74. The van der Waals surface area contributed by atoms with Gasteiger partial charge in [-0.2, -0.15) is 13.2 Å². The minimum Gasteiger partial charge on any atom is -0.457 e. The predicted molar refractivity (Wildman–Crippen MR) is 103 cm³/mol. The maximum atomic E-state index is 12.7. The molecule has 0 radical (unpaired) electrons. The maximum Gasteiger partial charge on any atom is 0.416 e. The van der Waals surface area contributed by atoms with Crippen LogP contribution in [0.2, 0.25) is 0 Å². The number of nitrogens with zero attached hydrogens (tertiary/aromatic N) is 2. The summed E-state index contributed by atoms with van der Waals surface area (Å²) < 4.78 is 43.4. The van der Waals surface area contributed by atoms with Crippen LogP contribution in [-0.2, 0) is 19.1 Å². The normalized spacial score (nSPS) is 17.1. The van der Waals surface area contributed by atoms with Gasteiger partial charge in [0.1, 0.15) is 25.1 Å². The Morgan fingerprint density at radius 2 is 1.79 bits per heavy atom. The van der Waals surface area contributed by atoms with Crippen LogP contribution in [0.25, 0.3) is 0 Å². The number of ether oxygens (including phenoxy) is 1. The number of halogens is 3. The Labute approximate surface area is 168 Å². The zero-order chi connectivity index (χ0) is 20.4. The molecule has 1 unspecified atom stereocenters. The lowest BCUT2D eigenvalue weighted by molar-refractivity contribution is -0.973. The quantitative estimate of drug-likeness (QED) is 0.400. The maximum absolute atomic E-state index is 12.7. The van der Waals surface area contributed by atoms with E-state index in [1.54, 1.807) is 7.05 Å². The standard InChI is InChI=1S/C20H24F3N2O2S/c1-25(26,28)12-2-10-24-11-9-15-3-6-19(13-16(15)14-24)27-18-7-4-17(5-8-18)20(21,22)23/h3-8,13,26,28H,2,9-12,14H2,1H3/q+1. The second-order valence-electron chi connectivity index (χ2n) is 7.25. The van der Waals surface area contributed by atoms with E-state index >= 15 is 0 Å². The van der Waals surface area contributed by atoms with Crippen molar-refractivity contribution in [2.24, 2.45) is 0 Å². The van der Waals surface area contributed by atoms with Crippen molar-refractivity contribution in [3.63, 3.8) is 0 Å². The molecule has 1 atom stereocenters. The highest BCUT2D eigenvalue weighted by Gasteiger charge is 2.30. The van der Waals surface area contributed by atoms with E-state index in [1.165, 1.54) is 17.7 Å². The van der Waals surface area contributed by atoms with Crippen LogP contribution in [0, 0.1) is 0 Å². The van der Waals surface area contributed by atoms with E-state index in [9.17, 15) is 18.4 Å². The van der Waals surface area contributed by atoms with Gasteiger partial charge in [0.05, 0.1) is 18.4 Å². The molecule has 0 spiro atoms. The first-order chi connectivity index (χ1) is 13.1. The SMILES string of the molecule is C[N+](O)(S)CCCN1CCc2ccc(Oc3ccc(C(F)(F)F)cc3)cc2C1. The molecule has 2 aromatic rings. The number of hydrogen-bond donors (Lipinski definition) is 2. The van der Waals surface area contributed by atoms with Gasteiger partial charge in [0, 0.05) is 26.1 Å². The third-order valence-corrected chi connectivity index (χ3v) is 4.94. The lowest BCUT2D eigenvalue weighted by Crippen LogP contribution is -2.35. The summed E-state index contributed by atoms with van der Waals surface area (Å²) >= 11 is 4.08. The molecular formula is C20H24F3N2O2S+. The Bertz CT molecular complexity index is 805. The molecule has 2 aromatic carbocycles. The van der Waals surface area contributed by atoms with Gasteiger partial charge in [-0.1, -0.05) is 6.07 Å². The molecule has 1 aliphatic rings. The van der Waals surface area contributed by atoms with E-state index in [2.05, 4.69) is 17.7 Å². The summed E-state index contributed by atoms with van der Waals surface area (Å²) in [4.78, 5) is 2.31. The predicted octanol–water partition coefficient (Wildman–Crippen LogP) is 4.93. The molecule has 8 heteroatoms. The monoisotopic (exact) mass is 413 g/mol.